The van der Waals surface area contributed by atoms with E-state index in [4.69, 9.17) is 27.2 Å². The van der Waals surface area contributed by atoms with Gasteiger partial charge in [-0.3, -0.25) is 9.74 Å². The van der Waals surface area contributed by atoms with E-state index in [-0.39, 0.29) is 0 Å². The van der Waals surface area contributed by atoms with E-state index in [9.17, 15) is 0 Å². The topological polar surface area (TPSA) is 130 Å². The van der Waals surface area contributed by atoms with Crippen LogP contribution in [0.4, 0.5) is 5.82 Å². The Hall–Kier alpha value is -2.56. The largest absolute Gasteiger partial charge is 0.382 e. The molecule has 1 aromatic carbocycles. The molecular formula is C18H25N7O2. The van der Waals surface area contributed by atoms with Crippen molar-refractivity contribution in [1.29, 1.82) is 0 Å². The highest BCUT2D eigenvalue weighted by atomic mass is 16.6. The third-order valence-electron chi connectivity index (χ3n) is 4.51. The van der Waals surface area contributed by atoms with Crippen LogP contribution in [0.3, 0.4) is 0 Å². The molecule has 9 nitrogen and oxygen atoms in total. The molecule has 0 radical (unpaired) electrons. The zero-order chi connectivity index (χ0) is 19.1. The Balaban J connectivity index is 1.74. The van der Waals surface area contributed by atoms with Crippen molar-refractivity contribution in [2.45, 2.75) is 12.5 Å². The molecule has 0 spiro atoms. The van der Waals surface area contributed by atoms with Crippen molar-refractivity contribution < 1.29 is 9.68 Å². The van der Waals surface area contributed by atoms with Gasteiger partial charge in [-0.05, 0) is 24.1 Å². The fourth-order valence-electron chi connectivity index (χ4n) is 3.07. The predicted octanol–water partition coefficient (Wildman–Crippen LogP) is 0.678. The lowest BCUT2D eigenvalue weighted by Crippen LogP contribution is -2.36. The van der Waals surface area contributed by atoms with E-state index in [1.54, 1.807) is 4.52 Å². The molecule has 0 bridgehead atoms. The molecule has 2 aromatic heterocycles. The fraction of sp³-hybridized carbons (Fsp3) is 0.333. The summed E-state index contributed by atoms with van der Waals surface area (Å²) in [6, 6.07) is 14.0. The number of rotatable bonds is 10. The second-order valence-corrected chi connectivity index (χ2v) is 6.23. The fourth-order valence-corrected chi connectivity index (χ4v) is 3.07. The maximum absolute atomic E-state index is 5.91. The molecule has 0 saturated carbocycles. The van der Waals surface area contributed by atoms with Gasteiger partial charge in [0, 0.05) is 19.6 Å². The van der Waals surface area contributed by atoms with E-state index in [1.807, 2.05) is 30.3 Å². The molecular weight excluding hydrogens is 346 g/mol. The molecule has 0 aliphatic rings. The van der Waals surface area contributed by atoms with E-state index < -0.39 is 6.10 Å². The van der Waals surface area contributed by atoms with Gasteiger partial charge in [-0.25, -0.2) is 21.3 Å². The molecule has 0 saturated heterocycles. The standard InChI is InChI=1S/C18H25N7O2/c19-18-16-7-6-15(25(16)23-13-22-18)17(27-21)12-24(10-11-26-20)9-8-14-4-2-1-3-5-14/h1-7,13,17H,8-12,20-21H2,(H2,19,22,23). The van der Waals surface area contributed by atoms with Gasteiger partial charge >= 0.3 is 0 Å². The molecule has 2 heterocycles. The Labute approximate surface area is 157 Å². The first-order chi connectivity index (χ1) is 13.2. The third kappa shape index (κ3) is 4.79. The van der Waals surface area contributed by atoms with Crippen molar-refractivity contribution in [3.8, 4) is 0 Å². The lowest BCUT2D eigenvalue weighted by molar-refractivity contribution is 0.0123. The first kappa shape index (κ1) is 19.2. The average molecular weight is 371 g/mol. The SMILES string of the molecule is NOCCN(CCc1ccccc1)CC(ON)c1ccc2c(N)ncnn12. The predicted molar refractivity (Wildman–Crippen MR) is 102 cm³/mol. The van der Waals surface area contributed by atoms with Crippen LogP contribution in [0.1, 0.15) is 17.4 Å². The van der Waals surface area contributed by atoms with Crippen LogP contribution < -0.4 is 17.5 Å². The second-order valence-electron chi connectivity index (χ2n) is 6.23. The van der Waals surface area contributed by atoms with Crippen LogP contribution in [0, 0.1) is 0 Å². The van der Waals surface area contributed by atoms with Gasteiger partial charge in [-0.15, -0.1) is 0 Å². The number of fused-ring (bicyclic) bond motifs is 1. The van der Waals surface area contributed by atoms with Crippen LogP contribution in [-0.4, -0.2) is 45.7 Å². The zero-order valence-electron chi connectivity index (χ0n) is 15.1. The number of hydrogen-bond acceptors (Lipinski definition) is 8. The van der Waals surface area contributed by atoms with Crippen molar-refractivity contribution >= 4 is 11.3 Å². The van der Waals surface area contributed by atoms with Gasteiger partial charge in [0.1, 0.15) is 17.9 Å². The number of benzene rings is 1. The van der Waals surface area contributed by atoms with Crippen LogP contribution in [0.2, 0.25) is 0 Å². The van der Waals surface area contributed by atoms with E-state index in [0.29, 0.717) is 25.5 Å². The quantitative estimate of drug-likeness (QED) is 0.444. The summed E-state index contributed by atoms with van der Waals surface area (Å²) in [6.45, 7) is 2.44. The van der Waals surface area contributed by atoms with Gasteiger partial charge in [0.25, 0.3) is 0 Å². The smallest absolute Gasteiger partial charge is 0.151 e. The van der Waals surface area contributed by atoms with Crippen LogP contribution in [0.25, 0.3) is 5.52 Å². The van der Waals surface area contributed by atoms with Gasteiger partial charge in [0.15, 0.2) is 5.82 Å². The first-order valence-electron chi connectivity index (χ1n) is 8.74. The molecule has 144 valence electrons. The number of hydrogen-bond donors (Lipinski definition) is 3. The molecule has 1 unspecified atom stereocenters. The van der Waals surface area contributed by atoms with E-state index in [1.165, 1.54) is 11.9 Å². The molecule has 6 N–H and O–H groups in total. The molecule has 1 atom stereocenters. The summed E-state index contributed by atoms with van der Waals surface area (Å²) in [7, 11) is 0. The molecule has 0 amide bonds. The monoisotopic (exact) mass is 371 g/mol. The maximum Gasteiger partial charge on any atom is 0.151 e. The van der Waals surface area contributed by atoms with Crippen molar-refractivity contribution in [2.24, 2.45) is 11.8 Å². The minimum absolute atomic E-state index is 0.393. The highest BCUT2D eigenvalue weighted by molar-refractivity contribution is 5.65. The average Bonchev–Trinajstić information content (AvgIpc) is 3.14. The number of anilines is 1. The lowest BCUT2D eigenvalue weighted by Gasteiger charge is -2.26. The summed E-state index contributed by atoms with van der Waals surface area (Å²) in [6.07, 6.45) is 1.91. The summed E-state index contributed by atoms with van der Waals surface area (Å²) in [5.74, 6) is 11.2. The van der Waals surface area contributed by atoms with E-state index in [2.05, 4.69) is 27.1 Å². The number of nitrogens with two attached hydrogens (primary N) is 3. The Bertz CT molecular complexity index is 840. The molecule has 9 heteroatoms. The van der Waals surface area contributed by atoms with Gasteiger partial charge in [-0.1, -0.05) is 30.3 Å². The van der Waals surface area contributed by atoms with Gasteiger partial charge in [0.2, 0.25) is 0 Å². The Morgan fingerprint density at radius 3 is 2.63 bits per heavy atom. The summed E-state index contributed by atoms with van der Waals surface area (Å²) >= 11 is 0. The van der Waals surface area contributed by atoms with Gasteiger partial charge in [0.05, 0.1) is 12.3 Å². The van der Waals surface area contributed by atoms with Gasteiger partial charge in [-0.2, -0.15) is 5.10 Å². The van der Waals surface area contributed by atoms with Gasteiger partial charge < -0.3 is 10.6 Å². The number of nitrogens with zero attached hydrogens (tertiary/aromatic N) is 4. The van der Waals surface area contributed by atoms with E-state index >= 15 is 0 Å². The molecule has 27 heavy (non-hydrogen) atoms. The molecule has 0 aliphatic carbocycles. The zero-order valence-corrected chi connectivity index (χ0v) is 15.1. The van der Waals surface area contributed by atoms with Crippen LogP contribution in [0.5, 0.6) is 0 Å². The highest BCUT2D eigenvalue weighted by Gasteiger charge is 2.21. The Morgan fingerprint density at radius 2 is 1.89 bits per heavy atom. The summed E-state index contributed by atoms with van der Waals surface area (Å²) < 4.78 is 1.70. The van der Waals surface area contributed by atoms with Crippen molar-refractivity contribution in [2.75, 3.05) is 32.0 Å². The molecule has 3 rings (SSSR count). The molecule has 3 aromatic rings. The van der Waals surface area contributed by atoms with Crippen molar-refractivity contribution in [1.82, 2.24) is 19.5 Å². The normalized spacial score (nSPS) is 12.7. The van der Waals surface area contributed by atoms with E-state index in [0.717, 1.165) is 24.2 Å². The number of aromatic nitrogens is 3. The Morgan fingerprint density at radius 1 is 1.07 bits per heavy atom. The summed E-state index contributed by atoms with van der Waals surface area (Å²) in [4.78, 5) is 16.2. The highest BCUT2D eigenvalue weighted by Crippen LogP contribution is 2.22. The summed E-state index contributed by atoms with van der Waals surface area (Å²) in [5, 5.41) is 4.26. The van der Waals surface area contributed by atoms with Crippen LogP contribution >= 0.6 is 0 Å². The minimum Gasteiger partial charge on any atom is -0.382 e. The summed E-state index contributed by atoms with van der Waals surface area (Å²) in [5.41, 5.74) is 8.69. The van der Waals surface area contributed by atoms with Crippen LogP contribution in [0.15, 0.2) is 48.8 Å². The maximum atomic E-state index is 5.91. The molecule has 0 fully saturated rings. The van der Waals surface area contributed by atoms with Crippen molar-refractivity contribution in [3.05, 3.63) is 60.0 Å². The molecule has 0 aliphatic heterocycles. The number of nitrogen functional groups attached to an aromatic ring is 1. The third-order valence-corrected chi connectivity index (χ3v) is 4.51. The Kier molecular flexibility index (Phi) is 6.69. The van der Waals surface area contributed by atoms with Crippen LogP contribution in [-0.2, 0) is 16.1 Å². The first-order valence-corrected chi connectivity index (χ1v) is 8.74. The lowest BCUT2D eigenvalue weighted by atomic mass is 10.1. The second kappa shape index (κ2) is 9.40. The van der Waals surface area contributed by atoms with Crippen molar-refractivity contribution in [3.63, 3.8) is 0 Å². The minimum atomic E-state index is -0.393.